The Morgan fingerprint density at radius 2 is 2.18 bits per heavy atom. The smallest absolute Gasteiger partial charge is 0.261 e. The predicted octanol–water partition coefficient (Wildman–Crippen LogP) is 3.95. The summed E-state index contributed by atoms with van der Waals surface area (Å²) in [6.45, 7) is 5.55. The van der Waals surface area contributed by atoms with Gasteiger partial charge in [0, 0.05) is 49.0 Å². The van der Waals surface area contributed by atoms with Crippen LogP contribution in [0.3, 0.4) is 0 Å². The molecule has 1 atom stereocenters. The minimum atomic E-state index is -0.0163. The Balaban J connectivity index is 1.25. The Morgan fingerprint density at radius 1 is 1.29 bits per heavy atom. The minimum absolute atomic E-state index is 0.0163. The van der Waals surface area contributed by atoms with Crippen LogP contribution in [0.2, 0.25) is 0 Å². The second-order valence-corrected chi connectivity index (χ2v) is 9.80. The number of benzene rings is 1. The molecule has 34 heavy (non-hydrogen) atoms. The fourth-order valence-electron chi connectivity index (χ4n) is 4.05. The number of thiophene rings is 1. The van der Waals surface area contributed by atoms with Crippen molar-refractivity contribution in [2.75, 3.05) is 5.32 Å². The molecular weight excluding hydrogens is 446 g/mol. The van der Waals surface area contributed by atoms with E-state index in [0.717, 1.165) is 45.9 Å². The number of amides is 1. The molecule has 174 valence electrons. The van der Waals surface area contributed by atoms with Gasteiger partial charge in [0.2, 0.25) is 5.95 Å². The Morgan fingerprint density at radius 3 is 2.97 bits per heavy atom. The third-order valence-electron chi connectivity index (χ3n) is 5.95. The first-order chi connectivity index (χ1) is 16.4. The zero-order valence-electron chi connectivity index (χ0n) is 19.4. The lowest BCUT2D eigenvalue weighted by atomic mass is 10.0. The van der Waals surface area contributed by atoms with E-state index < -0.39 is 0 Å². The van der Waals surface area contributed by atoms with Crippen LogP contribution >= 0.6 is 11.3 Å². The van der Waals surface area contributed by atoms with Crippen LogP contribution in [0.4, 0.5) is 11.6 Å². The molecule has 1 aliphatic rings. The normalized spacial score (nSPS) is 15.1. The Hall–Kier alpha value is -3.56. The summed E-state index contributed by atoms with van der Waals surface area (Å²) in [5.74, 6) is 0.500. The maximum Gasteiger partial charge on any atom is 0.261 e. The molecule has 4 heterocycles. The lowest BCUT2D eigenvalue weighted by molar-refractivity contribution is 0.0955. The van der Waals surface area contributed by atoms with E-state index in [0.29, 0.717) is 18.5 Å². The zero-order chi connectivity index (χ0) is 23.7. The van der Waals surface area contributed by atoms with Gasteiger partial charge in [-0.25, -0.2) is 9.97 Å². The number of aryl methyl sites for hydroxylation is 2. The molecule has 0 spiro atoms. The molecule has 1 unspecified atom stereocenters. The van der Waals surface area contributed by atoms with Gasteiger partial charge in [-0.05, 0) is 55.2 Å². The topological polar surface area (TPSA) is 96.8 Å². The first-order valence-corrected chi connectivity index (χ1v) is 12.1. The van der Waals surface area contributed by atoms with Gasteiger partial charge in [0.05, 0.1) is 22.5 Å². The summed E-state index contributed by atoms with van der Waals surface area (Å²) in [6, 6.07) is 10.5. The molecule has 0 fully saturated rings. The monoisotopic (exact) mass is 473 g/mol. The molecular formula is C25H27N7OS. The molecule has 8 nitrogen and oxygen atoms in total. The van der Waals surface area contributed by atoms with Gasteiger partial charge >= 0.3 is 0 Å². The quantitative estimate of drug-likeness (QED) is 0.392. The van der Waals surface area contributed by atoms with Crippen LogP contribution in [0.1, 0.15) is 38.2 Å². The van der Waals surface area contributed by atoms with E-state index in [2.05, 4.69) is 50.9 Å². The highest BCUT2D eigenvalue weighted by molar-refractivity contribution is 7.14. The summed E-state index contributed by atoms with van der Waals surface area (Å²) >= 11 is 1.61. The van der Waals surface area contributed by atoms with Gasteiger partial charge in [0.1, 0.15) is 0 Å². The van der Waals surface area contributed by atoms with Gasteiger partial charge in [-0.15, -0.1) is 11.3 Å². The van der Waals surface area contributed by atoms with Crippen LogP contribution < -0.4 is 16.0 Å². The van der Waals surface area contributed by atoms with Gasteiger partial charge in [-0.3, -0.25) is 9.48 Å². The van der Waals surface area contributed by atoms with E-state index in [4.69, 9.17) is 0 Å². The number of anilines is 2. The number of hydrogen-bond acceptors (Lipinski definition) is 7. The second kappa shape index (κ2) is 9.36. The van der Waals surface area contributed by atoms with Crippen LogP contribution in [0.25, 0.3) is 11.3 Å². The van der Waals surface area contributed by atoms with Gasteiger partial charge in [0.25, 0.3) is 5.91 Å². The molecule has 0 saturated carbocycles. The SMILES string of the molecule is Cc1cc(-c2ccnc(Nc3cnn(C)c3)n2)ccc1CNC(=O)c1cc2c(s1)CC(C)NC2. The average molecular weight is 474 g/mol. The van der Waals surface area contributed by atoms with Crippen LogP contribution in [-0.4, -0.2) is 31.7 Å². The van der Waals surface area contributed by atoms with Crippen molar-refractivity contribution in [3.63, 3.8) is 0 Å². The summed E-state index contributed by atoms with van der Waals surface area (Å²) in [5, 5.41) is 13.9. The summed E-state index contributed by atoms with van der Waals surface area (Å²) < 4.78 is 1.72. The van der Waals surface area contributed by atoms with Gasteiger partial charge < -0.3 is 16.0 Å². The van der Waals surface area contributed by atoms with Crippen molar-refractivity contribution < 1.29 is 4.79 Å². The molecule has 0 aliphatic carbocycles. The van der Waals surface area contributed by atoms with Crippen molar-refractivity contribution in [1.82, 2.24) is 30.4 Å². The summed E-state index contributed by atoms with van der Waals surface area (Å²) in [5.41, 5.74) is 6.08. The van der Waals surface area contributed by atoms with Gasteiger partial charge in [-0.2, -0.15) is 5.10 Å². The molecule has 1 amide bonds. The lowest BCUT2D eigenvalue weighted by Gasteiger charge is -2.19. The van der Waals surface area contributed by atoms with Crippen LogP contribution in [0.15, 0.2) is 48.9 Å². The zero-order valence-corrected chi connectivity index (χ0v) is 20.2. The number of hydrogen-bond donors (Lipinski definition) is 3. The van der Waals surface area contributed by atoms with Gasteiger partial charge in [-0.1, -0.05) is 12.1 Å². The van der Waals surface area contributed by atoms with E-state index in [-0.39, 0.29) is 5.91 Å². The van der Waals surface area contributed by atoms with Crippen molar-refractivity contribution in [1.29, 1.82) is 0 Å². The Labute approximate surface area is 202 Å². The Kier molecular flexibility index (Phi) is 6.12. The highest BCUT2D eigenvalue weighted by Gasteiger charge is 2.20. The molecule has 9 heteroatoms. The molecule has 0 bridgehead atoms. The average Bonchev–Trinajstić information content (AvgIpc) is 3.43. The first-order valence-electron chi connectivity index (χ1n) is 11.3. The van der Waals surface area contributed by atoms with E-state index in [1.807, 2.05) is 37.5 Å². The molecule has 5 rings (SSSR count). The molecule has 0 saturated heterocycles. The highest BCUT2D eigenvalue weighted by atomic mass is 32.1. The summed E-state index contributed by atoms with van der Waals surface area (Å²) in [4.78, 5) is 23.8. The van der Waals surface area contributed by atoms with E-state index >= 15 is 0 Å². The molecule has 0 radical (unpaired) electrons. The second-order valence-electron chi connectivity index (χ2n) is 8.66. The lowest BCUT2D eigenvalue weighted by Crippen LogP contribution is -2.31. The van der Waals surface area contributed by atoms with Crippen LogP contribution in [0.5, 0.6) is 0 Å². The van der Waals surface area contributed by atoms with Crippen molar-refractivity contribution >= 4 is 28.9 Å². The van der Waals surface area contributed by atoms with E-state index in [1.54, 1.807) is 28.4 Å². The van der Waals surface area contributed by atoms with Crippen LogP contribution in [0, 0.1) is 6.92 Å². The number of nitrogens with zero attached hydrogens (tertiary/aromatic N) is 4. The fraction of sp³-hybridized carbons (Fsp3) is 0.280. The van der Waals surface area contributed by atoms with Crippen molar-refractivity contribution in [3.05, 3.63) is 75.4 Å². The number of rotatable bonds is 6. The number of fused-ring (bicyclic) bond motifs is 1. The Bertz CT molecular complexity index is 1340. The van der Waals surface area contributed by atoms with E-state index in [9.17, 15) is 4.79 Å². The van der Waals surface area contributed by atoms with Crippen molar-refractivity contribution in [2.45, 2.75) is 39.4 Å². The number of carbonyl (C=O) groups excluding carboxylic acids is 1. The van der Waals surface area contributed by atoms with Crippen LogP contribution in [-0.2, 0) is 26.6 Å². The third kappa shape index (κ3) is 4.85. The molecule has 3 N–H and O–H groups in total. The maximum atomic E-state index is 12.8. The number of carbonyl (C=O) groups is 1. The van der Waals surface area contributed by atoms with E-state index in [1.165, 1.54) is 10.4 Å². The van der Waals surface area contributed by atoms with Crippen molar-refractivity contribution in [3.8, 4) is 11.3 Å². The number of nitrogens with one attached hydrogen (secondary N) is 3. The molecule has 3 aromatic heterocycles. The fourth-order valence-corrected chi connectivity index (χ4v) is 5.27. The predicted molar refractivity (Wildman–Crippen MR) is 134 cm³/mol. The summed E-state index contributed by atoms with van der Waals surface area (Å²) in [6.07, 6.45) is 6.32. The van der Waals surface area contributed by atoms with Crippen molar-refractivity contribution in [2.24, 2.45) is 7.05 Å². The highest BCUT2D eigenvalue weighted by Crippen LogP contribution is 2.27. The first kappa shape index (κ1) is 22.2. The third-order valence-corrected chi connectivity index (χ3v) is 7.15. The molecule has 1 aromatic carbocycles. The minimum Gasteiger partial charge on any atom is -0.347 e. The molecule has 1 aliphatic heterocycles. The van der Waals surface area contributed by atoms with Gasteiger partial charge in [0.15, 0.2) is 0 Å². The summed E-state index contributed by atoms with van der Waals surface area (Å²) in [7, 11) is 1.86. The standard InChI is InChI=1S/C25H27N7OS/c1-15-8-17(21-6-7-26-25(31-21)30-20-13-29-32(3)14-20)4-5-18(15)11-28-24(33)23-10-19-12-27-16(2)9-22(19)34-23/h4-8,10,13-14,16,27H,9,11-12H2,1-3H3,(H,28,33)(H,26,30,31). The number of aromatic nitrogens is 4. The molecule has 4 aromatic rings. The largest absolute Gasteiger partial charge is 0.347 e. The maximum absolute atomic E-state index is 12.8.